The molecule has 0 aromatic carbocycles. The van der Waals surface area contributed by atoms with Crippen LogP contribution >= 0.6 is 0 Å². The van der Waals surface area contributed by atoms with Gasteiger partial charge in [-0.2, -0.15) is 0 Å². The van der Waals surface area contributed by atoms with Gasteiger partial charge in [-0.3, -0.25) is 4.99 Å². The fraction of sp³-hybridized carbons (Fsp3) is 0.857. The van der Waals surface area contributed by atoms with Gasteiger partial charge in [-0.1, -0.05) is 0 Å². The van der Waals surface area contributed by atoms with Crippen molar-refractivity contribution in [3.63, 3.8) is 0 Å². The Bertz CT molecular complexity index is 177. The molecule has 2 heterocycles. The van der Waals surface area contributed by atoms with Gasteiger partial charge in [-0.05, 0) is 6.42 Å². The van der Waals surface area contributed by atoms with E-state index in [-0.39, 0.29) is 0 Å². The van der Waals surface area contributed by atoms with Gasteiger partial charge in [0.25, 0.3) is 0 Å². The molecule has 0 spiro atoms. The van der Waals surface area contributed by atoms with E-state index in [0.29, 0.717) is 6.04 Å². The molecule has 0 amide bonds. The van der Waals surface area contributed by atoms with Gasteiger partial charge in [0, 0.05) is 25.7 Å². The molecule has 1 unspecified atom stereocenters. The van der Waals surface area contributed by atoms with E-state index in [4.69, 9.17) is 5.73 Å². The number of nitrogens with zero attached hydrogens (tertiary/aromatic N) is 2. The van der Waals surface area contributed by atoms with Crippen molar-refractivity contribution in [3.8, 4) is 0 Å². The summed E-state index contributed by atoms with van der Waals surface area (Å²) in [4.78, 5) is 6.56. The Balaban J connectivity index is 1.95. The molecule has 11 heavy (non-hydrogen) atoms. The van der Waals surface area contributed by atoms with Crippen molar-refractivity contribution >= 4 is 5.96 Å². The van der Waals surface area contributed by atoms with Crippen LogP contribution < -0.4 is 11.1 Å². The Morgan fingerprint density at radius 1 is 1.64 bits per heavy atom. The molecule has 4 nitrogen and oxygen atoms in total. The van der Waals surface area contributed by atoms with Gasteiger partial charge in [0.15, 0.2) is 5.96 Å². The molecule has 0 aliphatic carbocycles. The molecule has 1 saturated heterocycles. The minimum absolute atomic E-state index is 0.347. The Hall–Kier alpha value is -0.770. The summed E-state index contributed by atoms with van der Waals surface area (Å²) in [5.74, 6) is 1.05. The van der Waals surface area contributed by atoms with Gasteiger partial charge in [0.05, 0.1) is 6.54 Å². The van der Waals surface area contributed by atoms with Crippen molar-refractivity contribution < 1.29 is 0 Å². The molecule has 62 valence electrons. The Kier molecular flexibility index (Phi) is 1.69. The van der Waals surface area contributed by atoms with Crippen LogP contribution in [-0.2, 0) is 0 Å². The summed E-state index contributed by atoms with van der Waals surface area (Å²) in [5, 5.41) is 3.24. The quantitative estimate of drug-likeness (QED) is 0.469. The summed E-state index contributed by atoms with van der Waals surface area (Å²) in [7, 11) is 0. The first-order valence-corrected chi connectivity index (χ1v) is 4.15. The first-order valence-electron chi connectivity index (χ1n) is 4.15. The molecule has 0 radical (unpaired) electrons. The van der Waals surface area contributed by atoms with Gasteiger partial charge in [-0.25, -0.2) is 0 Å². The number of likely N-dealkylation sites (tertiary alicyclic amines) is 1. The first-order chi connectivity index (χ1) is 5.36. The van der Waals surface area contributed by atoms with Crippen LogP contribution in [-0.4, -0.2) is 43.1 Å². The molecule has 3 N–H and O–H groups in total. The van der Waals surface area contributed by atoms with E-state index >= 15 is 0 Å². The predicted molar refractivity (Wildman–Crippen MR) is 44.5 cm³/mol. The molecule has 0 bridgehead atoms. The second-order valence-corrected chi connectivity index (χ2v) is 3.13. The predicted octanol–water partition coefficient (Wildman–Crippen LogP) is -1.02. The number of guanidine groups is 1. The molecule has 0 aromatic heterocycles. The van der Waals surface area contributed by atoms with Gasteiger partial charge in [0.2, 0.25) is 0 Å². The number of rotatable bonds is 0. The summed E-state index contributed by atoms with van der Waals surface area (Å²) in [6.45, 7) is 3.93. The molecule has 0 saturated carbocycles. The van der Waals surface area contributed by atoms with Crippen LogP contribution in [0.1, 0.15) is 6.42 Å². The Morgan fingerprint density at radius 2 is 2.55 bits per heavy atom. The molecule has 0 aromatic rings. The average molecular weight is 154 g/mol. The fourth-order valence-corrected chi connectivity index (χ4v) is 1.58. The summed E-state index contributed by atoms with van der Waals surface area (Å²) < 4.78 is 0. The third-order valence-corrected chi connectivity index (χ3v) is 2.18. The maximum atomic E-state index is 5.77. The van der Waals surface area contributed by atoms with Crippen molar-refractivity contribution in [2.45, 2.75) is 12.5 Å². The van der Waals surface area contributed by atoms with Crippen molar-refractivity contribution in [3.05, 3.63) is 0 Å². The minimum atomic E-state index is 0.347. The van der Waals surface area contributed by atoms with Gasteiger partial charge in [-0.15, -0.1) is 0 Å². The molecule has 4 heteroatoms. The van der Waals surface area contributed by atoms with Crippen molar-refractivity contribution in [1.29, 1.82) is 0 Å². The van der Waals surface area contributed by atoms with E-state index < -0.39 is 0 Å². The van der Waals surface area contributed by atoms with Crippen LogP contribution in [0.15, 0.2) is 4.99 Å². The number of hydrogen-bond acceptors (Lipinski definition) is 4. The lowest BCUT2D eigenvalue weighted by Gasteiger charge is -2.17. The standard InChI is InChI=1S/C7H14N4/c8-6-1-4-11(5-6)7-9-2-3-10-7/h6H,1-5,8H2,(H,9,10). The van der Waals surface area contributed by atoms with Crippen molar-refractivity contribution in [2.75, 3.05) is 26.2 Å². The lowest BCUT2D eigenvalue weighted by Crippen LogP contribution is -2.38. The zero-order valence-electron chi connectivity index (χ0n) is 6.58. The first kappa shape index (κ1) is 6.91. The molecular weight excluding hydrogens is 140 g/mol. The number of nitrogens with two attached hydrogens (primary N) is 1. The molecule has 2 aliphatic heterocycles. The molecule has 1 atom stereocenters. The minimum Gasteiger partial charge on any atom is -0.354 e. The average Bonchev–Trinajstić information content (AvgIpc) is 2.55. The highest BCUT2D eigenvalue weighted by molar-refractivity contribution is 5.81. The van der Waals surface area contributed by atoms with Crippen LogP contribution in [0.4, 0.5) is 0 Å². The van der Waals surface area contributed by atoms with Crippen LogP contribution in [0.2, 0.25) is 0 Å². The lowest BCUT2D eigenvalue weighted by molar-refractivity contribution is 0.495. The van der Waals surface area contributed by atoms with E-state index in [1.54, 1.807) is 0 Å². The van der Waals surface area contributed by atoms with Gasteiger partial charge < -0.3 is 16.0 Å². The highest BCUT2D eigenvalue weighted by Crippen LogP contribution is 2.07. The normalized spacial score (nSPS) is 30.5. The zero-order chi connectivity index (χ0) is 7.68. The van der Waals surface area contributed by atoms with Crippen LogP contribution in [0.5, 0.6) is 0 Å². The van der Waals surface area contributed by atoms with Crippen LogP contribution in [0.25, 0.3) is 0 Å². The van der Waals surface area contributed by atoms with Gasteiger partial charge >= 0.3 is 0 Å². The SMILES string of the molecule is NC1CCN(C2=NCCN2)C1. The topological polar surface area (TPSA) is 53.6 Å². The van der Waals surface area contributed by atoms with E-state index in [9.17, 15) is 0 Å². The largest absolute Gasteiger partial charge is 0.354 e. The Labute approximate surface area is 66.5 Å². The summed E-state index contributed by atoms with van der Waals surface area (Å²) >= 11 is 0. The Morgan fingerprint density at radius 3 is 3.09 bits per heavy atom. The van der Waals surface area contributed by atoms with Crippen LogP contribution in [0, 0.1) is 0 Å². The highest BCUT2D eigenvalue weighted by atomic mass is 15.3. The fourth-order valence-electron chi connectivity index (χ4n) is 1.58. The molecule has 2 aliphatic rings. The molecule has 1 fully saturated rings. The van der Waals surface area contributed by atoms with E-state index in [0.717, 1.165) is 38.6 Å². The maximum Gasteiger partial charge on any atom is 0.194 e. The number of nitrogens with one attached hydrogen (secondary N) is 1. The van der Waals surface area contributed by atoms with Crippen LogP contribution in [0.3, 0.4) is 0 Å². The van der Waals surface area contributed by atoms with E-state index in [1.165, 1.54) is 0 Å². The molecular formula is C7H14N4. The smallest absolute Gasteiger partial charge is 0.194 e. The van der Waals surface area contributed by atoms with E-state index in [2.05, 4.69) is 15.2 Å². The number of hydrogen-bond donors (Lipinski definition) is 2. The van der Waals surface area contributed by atoms with E-state index in [1.807, 2.05) is 0 Å². The monoisotopic (exact) mass is 154 g/mol. The van der Waals surface area contributed by atoms with Gasteiger partial charge in [0.1, 0.15) is 0 Å². The third kappa shape index (κ3) is 1.30. The summed E-state index contributed by atoms with van der Waals surface area (Å²) in [6, 6.07) is 0.347. The van der Waals surface area contributed by atoms with Crippen molar-refractivity contribution in [1.82, 2.24) is 10.2 Å². The highest BCUT2D eigenvalue weighted by Gasteiger charge is 2.22. The lowest BCUT2D eigenvalue weighted by atomic mass is 10.3. The maximum absolute atomic E-state index is 5.77. The zero-order valence-corrected chi connectivity index (χ0v) is 6.58. The third-order valence-electron chi connectivity index (χ3n) is 2.18. The summed E-state index contributed by atoms with van der Waals surface area (Å²) in [5.41, 5.74) is 5.77. The second-order valence-electron chi connectivity index (χ2n) is 3.13. The van der Waals surface area contributed by atoms with Crippen molar-refractivity contribution in [2.24, 2.45) is 10.7 Å². The summed E-state index contributed by atoms with van der Waals surface area (Å²) in [6.07, 6.45) is 1.10. The second kappa shape index (κ2) is 2.70. The number of aliphatic imine (C=N–C) groups is 1. The molecule has 2 rings (SSSR count).